The topological polar surface area (TPSA) is 454 Å². The Hall–Kier alpha value is -17.4. The van der Waals surface area contributed by atoms with Crippen LogP contribution in [0.25, 0.3) is 77.5 Å². The Balaban J connectivity index is 0.000000101. The molecule has 2 fully saturated rings. The number of ether oxygens (including phenoxy) is 3. The first-order chi connectivity index (χ1) is 69.6. The lowest BCUT2D eigenvalue weighted by Crippen LogP contribution is -2.20. The molecule has 0 radical (unpaired) electrons. The largest absolute Gasteiger partial charge is 0.493 e. The van der Waals surface area contributed by atoms with Crippen LogP contribution >= 0.6 is 0 Å². The van der Waals surface area contributed by atoms with E-state index in [0.29, 0.717) is 49.1 Å². The summed E-state index contributed by atoms with van der Waals surface area (Å²) in [6, 6.07) is 64.8. The molecule has 16 aromatic heterocycles. The Kier molecular flexibility index (Phi) is 27.8. The van der Waals surface area contributed by atoms with Gasteiger partial charge >= 0.3 is 0 Å². The number of hydrogen-bond donors (Lipinski definition) is 14. The van der Waals surface area contributed by atoms with Gasteiger partial charge in [-0.25, -0.2) is 84.7 Å². The lowest BCUT2D eigenvalue weighted by molar-refractivity contribution is 0.274. The number of nitrogens with one attached hydrogen (secondary N) is 14. The summed E-state index contributed by atoms with van der Waals surface area (Å²) in [6.45, 7) is 17.0. The summed E-state index contributed by atoms with van der Waals surface area (Å²) < 4.78 is 16.5. The maximum Gasteiger partial charge on any atom is 0.213 e. The minimum absolute atomic E-state index is 0.125. The number of imidazole rings is 2. The molecule has 35 nitrogen and oxygen atoms in total. The molecule has 0 bridgehead atoms. The highest BCUT2D eigenvalue weighted by Crippen LogP contribution is 2.43. The molecule has 142 heavy (non-hydrogen) atoms. The number of aromatic amines is 7. The van der Waals surface area contributed by atoms with E-state index in [9.17, 15) is 0 Å². The number of methoxy groups -OCH3 is 1. The smallest absolute Gasteiger partial charge is 0.213 e. The Morgan fingerprint density at radius 1 is 0.366 bits per heavy atom. The van der Waals surface area contributed by atoms with Crippen LogP contribution < -0.4 is 51.4 Å². The van der Waals surface area contributed by atoms with Crippen LogP contribution in [0.15, 0.2) is 251 Å². The van der Waals surface area contributed by atoms with Gasteiger partial charge in [-0.15, -0.1) is 0 Å². The number of H-pyrrole nitrogens is 7. The third-order valence-corrected chi connectivity index (χ3v) is 25.3. The number of pyridine rings is 2. The summed E-state index contributed by atoms with van der Waals surface area (Å²) in [6.07, 6.45) is 25.7. The molecule has 2 aliphatic heterocycles. The zero-order chi connectivity index (χ0) is 96.8. The van der Waals surface area contributed by atoms with Gasteiger partial charge < -0.3 is 86.3 Å². The van der Waals surface area contributed by atoms with E-state index in [1.165, 1.54) is 78.2 Å². The Bertz CT molecular complexity index is 7610. The number of benzene rings is 5. The number of anilines is 7. The van der Waals surface area contributed by atoms with Gasteiger partial charge in [0.1, 0.15) is 142 Å². The predicted octanol–water partition coefficient (Wildman–Crippen LogP) is 21.1. The monoisotopic (exact) mass is 1890 g/mol. The molecule has 2 saturated carbocycles. The van der Waals surface area contributed by atoms with Crippen molar-refractivity contribution >= 4 is 118 Å². The molecule has 0 spiro atoms. The average molecular weight is 1890 g/mol. The second-order valence-corrected chi connectivity index (χ2v) is 35.9. The van der Waals surface area contributed by atoms with E-state index in [1.807, 2.05) is 138 Å². The zero-order valence-electron chi connectivity index (χ0n) is 80.0. The summed E-state index contributed by atoms with van der Waals surface area (Å²) in [5, 5.41) is 29.3. The van der Waals surface area contributed by atoms with Crippen molar-refractivity contribution in [1.82, 2.24) is 125 Å². The van der Waals surface area contributed by atoms with Gasteiger partial charge in [-0.2, -0.15) is 0 Å². The molecule has 0 amide bonds. The van der Waals surface area contributed by atoms with Gasteiger partial charge in [0.2, 0.25) is 5.88 Å². The highest BCUT2D eigenvalue weighted by atomic mass is 16.5. The third kappa shape index (κ3) is 22.1. The van der Waals surface area contributed by atoms with Crippen LogP contribution in [-0.2, 0) is 19.5 Å². The van der Waals surface area contributed by atoms with Gasteiger partial charge in [0, 0.05) is 108 Å². The minimum Gasteiger partial charge on any atom is -0.493 e. The first-order valence-corrected chi connectivity index (χ1v) is 47.9. The molecular formula is C107H110N32O3. The number of fused-ring (bicyclic) bond motifs is 10. The van der Waals surface area contributed by atoms with Gasteiger partial charge in [0.05, 0.1) is 58.8 Å². The van der Waals surface area contributed by atoms with Gasteiger partial charge in [0.25, 0.3) is 0 Å². The molecule has 5 aromatic carbocycles. The van der Waals surface area contributed by atoms with E-state index in [4.69, 9.17) is 14.2 Å². The summed E-state index contributed by atoms with van der Waals surface area (Å²) in [5.41, 5.74) is 22.9. The number of rotatable bonds is 21. The molecule has 18 heterocycles. The number of nitrogens with zero attached hydrogens (tertiary/aromatic N) is 18. The second-order valence-electron chi connectivity index (χ2n) is 35.9. The van der Waals surface area contributed by atoms with E-state index in [0.717, 1.165) is 195 Å². The van der Waals surface area contributed by atoms with Crippen molar-refractivity contribution < 1.29 is 14.2 Å². The van der Waals surface area contributed by atoms with Crippen molar-refractivity contribution in [3.8, 4) is 17.4 Å². The fourth-order valence-corrected chi connectivity index (χ4v) is 17.8. The van der Waals surface area contributed by atoms with Crippen LogP contribution in [0.1, 0.15) is 185 Å². The normalized spacial score (nSPS) is 15.2. The molecule has 5 aliphatic rings. The van der Waals surface area contributed by atoms with Gasteiger partial charge in [-0.3, -0.25) is 4.98 Å². The van der Waals surface area contributed by atoms with E-state index in [1.54, 1.807) is 57.5 Å². The Morgan fingerprint density at radius 2 is 0.775 bits per heavy atom. The molecule has 1 unspecified atom stereocenters. The summed E-state index contributed by atoms with van der Waals surface area (Å²) >= 11 is 0. The third-order valence-electron chi connectivity index (χ3n) is 25.3. The van der Waals surface area contributed by atoms with Crippen LogP contribution in [0.2, 0.25) is 0 Å². The fourth-order valence-electron chi connectivity index (χ4n) is 17.8. The molecule has 716 valence electrons. The summed E-state index contributed by atoms with van der Waals surface area (Å²) in [5.74, 6) is 11.6. The standard InChI is InChI=1S/C17H18N4.C16H16N4O.C15H16N6O.C15H14N4O.2C15H16N4.C14H14N6/c1-11-9-14-16(20-11)18-10-19-17(14)21-15-8-4-6-12-5-2-3-7-13(12)15;1-10-8-12-15(19-10)17-9-18-16(12)20-13-6-7-21-14-5-3-2-4-11(13)14;1-22-11-6-9(4-5-16-11)7-17-14-12-15(19-8-18-14)21-13(20-12)10-2-3-10;1-9-6-11-14(18-9)16-8-17-15(11)19-12-7-20-13-5-3-2-4-10(12)13;2*1-10-8-13-14(18-10)16-9-17-15(13)19-11(2)12-6-4-3-5-7-12;1-2-9(6-15-5-1)7-16-13-11-14(18-8-17-13)20-12(19-11)10-3-4-10/h2-3,5,7,9-10,15H,4,6,8H2,1H3,(H2,18,19,20,21);2-5,8-9,13H,6-7H2,1H3,(H2,17,18,19,20);4-6,8,10H,2-3,7H2,1H3,(H2,17,18,19,20,21);2-6,8,12H,7H2,1H3,(H2,16,17,18,19);2*3-9,11H,1-2H3,(H2,16,17,18,19);1-2,5-6,8,10H,3-4,7H2,(H2,16,17,18,19,20)/t;13-;;12-;2*11-;/m.1.010./s1. The predicted molar refractivity (Wildman–Crippen MR) is 554 cm³/mol. The van der Waals surface area contributed by atoms with Crippen molar-refractivity contribution in [1.29, 1.82) is 0 Å². The van der Waals surface area contributed by atoms with Crippen LogP contribution in [0.4, 0.5) is 40.7 Å². The van der Waals surface area contributed by atoms with E-state index in [-0.39, 0.29) is 24.2 Å². The molecule has 0 saturated heterocycles. The molecule has 21 aromatic rings. The number of aryl methyl sites for hydroxylation is 6. The molecule has 26 rings (SSSR count). The Labute approximate surface area is 817 Å². The van der Waals surface area contributed by atoms with Gasteiger partial charge in [-0.1, -0.05) is 127 Å². The molecule has 5 atom stereocenters. The van der Waals surface area contributed by atoms with Crippen molar-refractivity contribution in [2.45, 2.75) is 155 Å². The fraction of sp³-hybridized carbons (Fsp3) is 0.252. The molecule has 14 N–H and O–H groups in total. The quantitative estimate of drug-likeness (QED) is 0.0318. The van der Waals surface area contributed by atoms with Crippen LogP contribution in [0.3, 0.4) is 0 Å². The summed E-state index contributed by atoms with van der Waals surface area (Å²) in [4.78, 5) is 100. The maximum atomic E-state index is 5.70. The zero-order valence-corrected chi connectivity index (χ0v) is 80.0. The highest BCUT2D eigenvalue weighted by molar-refractivity contribution is 5.92. The SMILES string of the molecule is COc1cc(CNc2ncnc3nc(C4CC4)[nH]c23)ccn1.Cc1cc2c(NC3CCCc4ccccc43)ncnc2[nH]1.Cc1cc2c(N[C@@H](C)c3ccccc3)ncnc2[nH]1.Cc1cc2c(N[C@@H]3CCOc4ccccc43)ncnc2[nH]1.Cc1cc2c(N[C@H](C)c3ccccc3)ncnc2[nH]1.Cc1cc2c(N[C@H]3COc4ccccc43)ncnc2[nH]1.c1cncc(CNc2ncnc3nc(C4CC4)[nH]c23)c1. The second kappa shape index (κ2) is 42.7. The Morgan fingerprint density at radius 3 is 1.25 bits per heavy atom. The highest BCUT2D eigenvalue weighted by Gasteiger charge is 2.31. The first kappa shape index (κ1) is 92.3. The molecule has 3 aliphatic carbocycles. The van der Waals surface area contributed by atoms with E-state index in [2.05, 4.69) is 267 Å². The average Bonchev–Trinajstić information content (AvgIpc) is 1.68. The van der Waals surface area contributed by atoms with Crippen LogP contribution in [0, 0.1) is 34.6 Å². The van der Waals surface area contributed by atoms with Crippen LogP contribution in [0.5, 0.6) is 17.4 Å². The van der Waals surface area contributed by atoms with Crippen molar-refractivity contribution in [3.63, 3.8) is 0 Å². The van der Waals surface area contributed by atoms with Crippen molar-refractivity contribution in [3.05, 3.63) is 336 Å². The lowest BCUT2D eigenvalue weighted by Gasteiger charge is -2.27. The first-order valence-electron chi connectivity index (χ1n) is 47.9. The van der Waals surface area contributed by atoms with E-state index < -0.39 is 0 Å². The minimum atomic E-state index is 0.125. The lowest BCUT2D eigenvalue weighted by atomic mass is 9.88. The van der Waals surface area contributed by atoms with E-state index >= 15 is 0 Å². The molecular weight excluding hydrogens is 1780 g/mol. The summed E-state index contributed by atoms with van der Waals surface area (Å²) in [7, 11) is 1.61. The van der Waals surface area contributed by atoms with Gasteiger partial charge in [-0.05, 0) is 181 Å². The number of aromatic nitrogens is 25. The molecule has 35 heteroatoms. The number of para-hydroxylation sites is 2. The van der Waals surface area contributed by atoms with Crippen molar-refractivity contribution in [2.75, 3.05) is 57.5 Å². The van der Waals surface area contributed by atoms with Gasteiger partial charge in [0.15, 0.2) is 22.9 Å². The van der Waals surface area contributed by atoms with Crippen molar-refractivity contribution in [2.24, 2.45) is 0 Å². The maximum absolute atomic E-state index is 5.70. The van der Waals surface area contributed by atoms with Crippen LogP contribution in [-0.4, -0.2) is 145 Å². The number of hydrogen-bond acceptors (Lipinski definition) is 28.